The van der Waals surface area contributed by atoms with Crippen LogP contribution in [-0.2, 0) is 4.79 Å². The molecule has 0 aliphatic carbocycles. The van der Waals surface area contributed by atoms with Gasteiger partial charge in [0.05, 0.1) is 23.1 Å². The molecule has 1 aromatic carbocycles. The zero-order valence-electron chi connectivity index (χ0n) is 23.3. The average molecular weight is 558 g/mol. The second-order valence-corrected chi connectivity index (χ2v) is 11.4. The van der Waals surface area contributed by atoms with Gasteiger partial charge >= 0.3 is 6.01 Å². The van der Waals surface area contributed by atoms with E-state index in [9.17, 15) is 4.79 Å². The lowest BCUT2D eigenvalue weighted by Crippen LogP contribution is -2.48. The molecule has 0 spiro atoms. The molecule has 3 aromatic heterocycles. The molecule has 1 N–H and O–H groups in total. The van der Waals surface area contributed by atoms with Gasteiger partial charge in [0.2, 0.25) is 5.91 Å². The Bertz CT molecular complexity index is 1580. The summed E-state index contributed by atoms with van der Waals surface area (Å²) in [7, 11) is 2.17. The van der Waals surface area contributed by atoms with E-state index in [-0.39, 0.29) is 5.91 Å². The van der Waals surface area contributed by atoms with Crippen LogP contribution in [0.1, 0.15) is 24.0 Å². The van der Waals surface area contributed by atoms with Gasteiger partial charge in [-0.3, -0.25) is 4.79 Å². The molecule has 2 aliphatic rings. The number of rotatable bonds is 7. The van der Waals surface area contributed by atoms with Crippen molar-refractivity contribution in [3.63, 3.8) is 0 Å². The topological polar surface area (TPSA) is 90.5 Å². The van der Waals surface area contributed by atoms with Crippen LogP contribution >= 0.6 is 12.0 Å². The maximum absolute atomic E-state index is 12.1. The van der Waals surface area contributed by atoms with Crippen molar-refractivity contribution in [2.24, 2.45) is 0 Å². The SMILES string of the molecule is C=CC(=O)N1CCN(c2nc(OSCC3CCCN3C)nc3nc(-c4c(C)c(C)cc5[nH]ccc45)ccc23)CC1. The second-order valence-electron chi connectivity index (χ2n) is 10.7. The fourth-order valence-corrected chi connectivity index (χ4v) is 6.61. The number of pyridine rings is 1. The third-order valence-electron chi connectivity index (χ3n) is 8.28. The van der Waals surface area contributed by atoms with Crippen LogP contribution in [0.15, 0.2) is 43.1 Å². The van der Waals surface area contributed by atoms with Gasteiger partial charge in [-0.05, 0) is 81.7 Å². The molecular weight excluding hydrogens is 522 g/mol. The van der Waals surface area contributed by atoms with E-state index in [4.69, 9.17) is 19.1 Å². The summed E-state index contributed by atoms with van der Waals surface area (Å²) in [6.45, 7) is 11.6. The van der Waals surface area contributed by atoms with Gasteiger partial charge in [0, 0.05) is 60.6 Å². The van der Waals surface area contributed by atoms with E-state index in [2.05, 4.69) is 66.5 Å². The molecule has 40 heavy (non-hydrogen) atoms. The van der Waals surface area contributed by atoms with Gasteiger partial charge in [0.15, 0.2) is 5.65 Å². The molecule has 2 fully saturated rings. The highest BCUT2D eigenvalue weighted by atomic mass is 32.2. The van der Waals surface area contributed by atoms with Gasteiger partial charge in [0.1, 0.15) is 5.82 Å². The summed E-state index contributed by atoms with van der Waals surface area (Å²) in [6.07, 6.45) is 5.74. The molecule has 9 nitrogen and oxygen atoms in total. The number of aromatic amines is 1. The summed E-state index contributed by atoms with van der Waals surface area (Å²) in [5.41, 5.74) is 6.08. The smallest absolute Gasteiger partial charge is 0.332 e. The number of carbonyl (C=O) groups is 1. The third-order valence-corrected chi connectivity index (χ3v) is 9.07. The number of hydrogen-bond donors (Lipinski definition) is 1. The minimum Gasteiger partial charge on any atom is -0.389 e. The zero-order chi connectivity index (χ0) is 27.8. The summed E-state index contributed by atoms with van der Waals surface area (Å²) in [4.78, 5) is 36.6. The molecule has 208 valence electrons. The number of piperazine rings is 1. The highest BCUT2D eigenvalue weighted by Crippen LogP contribution is 2.35. The molecule has 1 amide bonds. The monoisotopic (exact) mass is 557 g/mol. The lowest BCUT2D eigenvalue weighted by atomic mass is 9.96. The Morgan fingerprint density at radius 3 is 2.70 bits per heavy atom. The summed E-state index contributed by atoms with van der Waals surface area (Å²) >= 11 is 1.41. The number of likely N-dealkylation sites (tertiary alicyclic amines) is 1. The standard InChI is InChI=1S/C30H35N7O2S/c1-5-26(38)36-13-15-37(16-14-36)29-23-8-9-24(27-20(3)19(2)17-25-22(27)10-11-31-25)32-28(23)33-30(34-29)39-40-18-21-7-6-12-35(21)4/h5,8-11,17,21,31H,1,6-7,12-16,18H2,2-4H3. The Labute approximate surface area is 238 Å². The number of fused-ring (bicyclic) bond motifs is 2. The van der Waals surface area contributed by atoms with Gasteiger partial charge < -0.3 is 23.9 Å². The van der Waals surface area contributed by atoms with Crippen LogP contribution in [0.5, 0.6) is 6.01 Å². The zero-order valence-corrected chi connectivity index (χ0v) is 24.1. The number of anilines is 1. The molecule has 2 saturated heterocycles. The highest BCUT2D eigenvalue weighted by molar-refractivity contribution is 7.95. The van der Waals surface area contributed by atoms with Gasteiger partial charge in [-0.2, -0.15) is 9.97 Å². The molecule has 1 unspecified atom stereocenters. The third kappa shape index (κ3) is 5.01. The predicted octanol–water partition coefficient (Wildman–Crippen LogP) is 4.75. The normalized spacial score (nSPS) is 18.1. The number of aryl methyl sites for hydroxylation is 1. The molecule has 1 atom stereocenters. The first kappa shape index (κ1) is 26.6. The number of amides is 1. The minimum absolute atomic E-state index is 0.0413. The van der Waals surface area contributed by atoms with Crippen LogP contribution in [0.3, 0.4) is 0 Å². The maximum Gasteiger partial charge on any atom is 0.332 e. The Morgan fingerprint density at radius 1 is 1.12 bits per heavy atom. The minimum atomic E-state index is -0.0413. The van der Waals surface area contributed by atoms with Gasteiger partial charge in [-0.25, -0.2) is 4.98 Å². The van der Waals surface area contributed by atoms with Crippen LogP contribution in [0.25, 0.3) is 33.2 Å². The van der Waals surface area contributed by atoms with Crippen LogP contribution in [0, 0.1) is 13.8 Å². The molecule has 6 rings (SSSR count). The van der Waals surface area contributed by atoms with E-state index in [0.29, 0.717) is 43.9 Å². The van der Waals surface area contributed by atoms with E-state index in [1.54, 1.807) is 0 Å². The van der Waals surface area contributed by atoms with Crippen molar-refractivity contribution in [2.75, 3.05) is 50.4 Å². The Kier molecular flexibility index (Phi) is 7.37. The van der Waals surface area contributed by atoms with Gasteiger partial charge in [-0.15, -0.1) is 0 Å². The van der Waals surface area contributed by atoms with Crippen LogP contribution < -0.4 is 9.08 Å². The number of nitrogens with one attached hydrogen (secondary N) is 1. The summed E-state index contributed by atoms with van der Waals surface area (Å²) in [5, 5.41) is 2.01. The lowest BCUT2D eigenvalue weighted by Gasteiger charge is -2.35. The Balaban J connectivity index is 1.37. The number of H-pyrrole nitrogens is 1. The van der Waals surface area contributed by atoms with Crippen molar-refractivity contribution >= 4 is 45.7 Å². The fraction of sp³-hybridized carbons (Fsp3) is 0.400. The summed E-state index contributed by atoms with van der Waals surface area (Å²) < 4.78 is 6.10. The summed E-state index contributed by atoms with van der Waals surface area (Å²) in [6, 6.07) is 9.22. The average Bonchev–Trinajstić information content (AvgIpc) is 3.61. The molecule has 10 heteroatoms. The van der Waals surface area contributed by atoms with Crippen molar-refractivity contribution in [3.05, 3.63) is 54.2 Å². The quantitative estimate of drug-likeness (QED) is 0.257. The molecule has 2 aliphatic heterocycles. The van der Waals surface area contributed by atoms with Crippen molar-refractivity contribution in [3.8, 4) is 17.3 Å². The van der Waals surface area contributed by atoms with Crippen molar-refractivity contribution in [1.29, 1.82) is 0 Å². The first-order chi connectivity index (χ1) is 19.4. The number of nitrogens with zero attached hydrogens (tertiary/aromatic N) is 6. The van der Waals surface area contributed by atoms with Crippen LogP contribution in [-0.4, -0.2) is 87.2 Å². The molecule has 5 heterocycles. The van der Waals surface area contributed by atoms with Crippen molar-refractivity contribution in [1.82, 2.24) is 29.7 Å². The first-order valence-corrected chi connectivity index (χ1v) is 14.8. The second kappa shape index (κ2) is 11.1. The van der Waals surface area contributed by atoms with Crippen LogP contribution in [0.4, 0.5) is 5.82 Å². The van der Waals surface area contributed by atoms with Gasteiger partial charge in [-0.1, -0.05) is 6.58 Å². The maximum atomic E-state index is 12.1. The van der Waals surface area contributed by atoms with Crippen molar-refractivity contribution in [2.45, 2.75) is 32.7 Å². The number of benzene rings is 1. The molecule has 0 radical (unpaired) electrons. The Hall–Kier alpha value is -3.63. The fourth-order valence-electron chi connectivity index (χ4n) is 5.79. The lowest BCUT2D eigenvalue weighted by molar-refractivity contribution is -0.126. The van der Waals surface area contributed by atoms with E-state index < -0.39 is 0 Å². The number of aromatic nitrogens is 4. The number of carbonyl (C=O) groups excluding carboxylic acids is 1. The number of hydrogen-bond acceptors (Lipinski definition) is 8. The van der Waals surface area contributed by atoms with Gasteiger partial charge in [0.25, 0.3) is 0 Å². The largest absolute Gasteiger partial charge is 0.389 e. The van der Waals surface area contributed by atoms with E-state index in [0.717, 1.165) is 45.7 Å². The first-order valence-electron chi connectivity index (χ1n) is 13.9. The van der Waals surface area contributed by atoms with E-state index >= 15 is 0 Å². The summed E-state index contributed by atoms with van der Waals surface area (Å²) in [5.74, 6) is 1.60. The van der Waals surface area contributed by atoms with Crippen LogP contribution in [0.2, 0.25) is 0 Å². The predicted molar refractivity (Wildman–Crippen MR) is 162 cm³/mol. The Morgan fingerprint density at radius 2 is 1.95 bits per heavy atom. The highest BCUT2D eigenvalue weighted by Gasteiger charge is 2.25. The molecule has 4 aromatic rings. The van der Waals surface area contributed by atoms with Crippen molar-refractivity contribution < 1.29 is 8.98 Å². The van der Waals surface area contributed by atoms with E-state index in [1.807, 2.05) is 11.1 Å². The van der Waals surface area contributed by atoms with E-state index in [1.165, 1.54) is 42.1 Å². The molecular formula is C30H35N7O2S. The molecule has 0 bridgehead atoms. The molecule has 0 saturated carbocycles.